The van der Waals surface area contributed by atoms with Gasteiger partial charge >= 0.3 is 0 Å². The van der Waals surface area contributed by atoms with Crippen molar-refractivity contribution < 1.29 is 19.1 Å². The summed E-state index contributed by atoms with van der Waals surface area (Å²) < 4.78 is 5.16. The van der Waals surface area contributed by atoms with E-state index in [-0.39, 0.29) is 42.3 Å². The quantitative estimate of drug-likeness (QED) is 0.517. The van der Waals surface area contributed by atoms with Crippen LogP contribution in [0.25, 0.3) is 0 Å². The van der Waals surface area contributed by atoms with Crippen LogP contribution in [0.15, 0.2) is 11.3 Å². The first-order valence-electron chi connectivity index (χ1n) is 12.3. The van der Waals surface area contributed by atoms with Gasteiger partial charge in [0.1, 0.15) is 0 Å². The Balaban J connectivity index is 2.23. The number of nitrogens with one attached hydrogen (secondary N) is 1. The van der Waals surface area contributed by atoms with Gasteiger partial charge in [-0.2, -0.15) is 0 Å². The van der Waals surface area contributed by atoms with E-state index in [1.54, 1.807) is 12.0 Å². The minimum absolute atomic E-state index is 0.0329. The van der Waals surface area contributed by atoms with Gasteiger partial charge in [-0.1, -0.05) is 19.3 Å². The van der Waals surface area contributed by atoms with Crippen LogP contribution in [0.2, 0.25) is 0 Å². The number of nitrogens with zero attached hydrogens (tertiary/aromatic N) is 2. The van der Waals surface area contributed by atoms with E-state index in [1.165, 1.54) is 6.42 Å². The fourth-order valence-electron chi connectivity index (χ4n) is 5.05. The molecule has 0 aromatic carbocycles. The monoisotopic (exact) mass is 449 g/mol. The van der Waals surface area contributed by atoms with Gasteiger partial charge in [0.2, 0.25) is 11.8 Å². The zero-order chi connectivity index (χ0) is 23.8. The molecule has 0 saturated heterocycles. The molecule has 2 aliphatic rings. The van der Waals surface area contributed by atoms with Gasteiger partial charge in [-0.05, 0) is 60.3 Å². The summed E-state index contributed by atoms with van der Waals surface area (Å²) in [5.41, 5.74) is 1.37. The molecule has 1 aliphatic heterocycles. The highest BCUT2D eigenvalue weighted by atomic mass is 16.5. The Morgan fingerprint density at radius 2 is 1.75 bits per heavy atom. The highest BCUT2D eigenvalue weighted by Gasteiger charge is 2.38. The third-order valence-electron chi connectivity index (χ3n) is 6.65. The summed E-state index contributed by atoms with van der Waals surface area (Å²) in [6, 6.07) is 0.314. The van der Waals surface area contributed by atoms with Crippen molar-refractivity contribution in [3.63, 3.8) is 0 Å². The van der Waals surface area contributed by atoms with Crippen LogP contribution in [0.4, 0.5) is 0 Å². The molecule has 1 N–H and O–H groups in total. The second-order valence-corrected chi connectivity index (χ2v) is 9.81. The van der Waals surface area contributed by atoms with Gasteiger partial charge < -0.3 is 19.9 Å². The molecular formula is C25H43N3O4. The van der Waals surface area contributed by atoms with E-state index in [2.05, 4.69) is 5.32 Å². The second-order valence-electron chi connectivity index (χ2n) is 9.81. The highest BCUT2D eigenvalue weighted by Crippen LogP contribution is 2.32. The predicted octanol–water partition coefficient (Wildman–Crippen LogP) is 3.63. The lowest BCUT2D eigenvalue weighted by Gasteiger charge is -2.38. The van der Waals surface area contributed by atoms with E-state index < -0.39 is 5.92 Å². The predicted molar refractivity (Wildman–Crippen MR) is 126 cm³/mol. The first kappa shape index (κ1) is 26.4. The maximum atomic E-state index is 13.5. The standard InChI is InChI=1S/C25H43N3O4/c1-17(2)28(18(3)4)25(31)22-15-20(16-23(29)26-21-11-8-7-9-12-21)24(30)27(19(22)5)13-10-14-32-6/h17-18,20-21H,7-16H2,1-6H3,(H,26,29). The third-order valence-corrected chi connectivity index (χ3v) is 6.65. The fourth-order valence-corrected chi connectivity index (χ4v) is 5.05. The van der Waals surface area contributed by atoms with Gasteiger partial charge in [0.15, 0.2) is 0 Å². The average molecular weight is 450 g/mol. The molecule has 1 aliphatic carbocycles. The molecule has 0 bridgehead atoms. The van der Waals surface area contributed by atoms with Gasteiger partial charge in [0, 0.05) is 56.1 Å². The van der Waals surface area contributed by atoms with Gasteiger partial charge in [-0.15, -0.1) is 0 Å². The molecule has 7 nitrogen and oxygen atoms in total. The van der Waals surface area contributed by atoms with Gasteiger partial charge in [0.25, 0.3) is 5.91 Å². The van der Waals surface area contributed by atoms with Gasteiger partial charge in [0.05, 0.1) is 5.92 Å². The van der Waals surface area contributed by atoms with E-state index >= 15 is 0 Å². The number of hydrogen-bond acceptors (Lipinski definition) is 4. The molecule has 1 unspecified atom stereocenters. The molecule has 0 aromatic heterocycles. The molecule has 1 atom stereocenters. The lowest BCUT2D eigenvalue weighted by atomic mass is 9.87. The smallest absolute Gasteiger partial charge is 0.252 e. The molecular weight excluding hydrogens is 406 g/mol. The third kappa shape index (κ3) is 6.80. The Labute approximate surface area is 193 Å². The molecule has 2 rings (SSSR count). The summed E-state index contributed by atoms with van der Waals surface area (Å²) in [5.74, 6) is -0.683. The Bertz CT molecular complexity index is 687. The number of carbonyl (C=O) groups excluding carboxylic acids is 3. The number of hydrogen-bond donors (Lipinski definition) is 1. The van der Waals surface area contributed by atoms with Crippen LogP contribution in [0.5, 0.6) is 0 Å². The lowest BCUT2D eigenvalue weighted by Crippen LogP contribution is -2.48. The van der Waals surface area contributed by atoms with Crippen molar-refractivity contribution in [3.05, 3.63) is 11.3 Å². The van der Waals surface area contributed by atoms with Crippen LogP contribution in [0, 0.1) is 5.92 Å². The number of carbonyl (C=O) groups is 3. The topological polar surface area (TPSA) is 79.0 Å². The first-order valence-corrected chi connectivity index (χ1v) is 12.3. The summed E-state index contributed by atoms with van der Waals surface area (Å²) >= 11 is 0. The van der Waals surface area contributed by atoms with Crippen LogP contribution >= 0.6 is 0 Å². The molecule has 3 amide bonds. The van der Waals surface area contributed by atoms with E-state index in [4.69, 9.17) is 4.74 Å². The Morgan fingerprint density at radius 1 is 1.12 bits per heavy atom. The summed E-state index contributed by atoms with van der Waals surface area (Å²) in [6.45, 7) is 10.9. The highest BCUT2D eigenvalue weighted by molar-refractivity contribution is 5.98. The zero-order valence-electron chi connectivity index (χ0n) is 20.9. The summed E-state index contributed by atoms with van der Waals surface area (Å²) in [5, 5.41) is 3.13. The first-order chi connectivity index (χ1) is 15.2. The van der Waals surface area contributed by atoms with Gasteiger partial charge in [-0.25, -0.2) is 0 Å². The molecule has 7 heteroatoms. The Kier molecular flexibility index (Phi) is 10.2. The summed E-state index contributed by atoms with van der Waals surface area (Å²) in [7, 11) is 1.64. The summed E-state index contributed by atoms with van der Waals surface area (Å²) in [6.07, 6.45) is 6.65. The minimum atomic E-state index is -0.509. The van der Waals surface area contributed by atoms with Crippen LogP contribution < -0.4 is 5.32 Å². The van der Waals surface area contributed by atoms with Crippen LogP contribution in [0.3, 0.4) is 0 Å². The minimum Gasteiger partial charge on any atom is -0.385 e. The van der Waals surface area contributed by atoms with Crippen LogP contribution in [0.1, 0.15) is 86.0 Å². The SMILES string of the molecule is COCCCN1C(=O)C(CC(=O)NC2CCCCC2)CC(C(=O)N(C(C)C)C(C)C)=C1C. The van der Waals surface area contributed by atoms with Crippen molar-refractivity contribution in [2.45, 2.75) is 104 Å². The Morgan fingerprint density at radius 3 is 2.31 bits per heavy atom. The molecule has 0 radical (unpaired) electrons. The van der Waals surface area contributed by atoms with Crippen molar-refractivity contribution in [1.29, 1.82) is 0 Å². The normalized spacial score (nSPS) is 20.3. The van der Waals surface area contributed by atoms with Crippen molar-refractivity contribution in [3.8, 4) is 0 Å². The number of methoxy groups -OCH3 is 1. The van der Waals surface area contributed by atoms with Crippen molar-refractivity contribution in [1.82, 2.24) is 15.1 Å². The fraction of sp³-hybridized carbons (Fsp3) is 0.800. The zero-order valence-corrected chi connectivity index (χ0v) is 20.9. The van der Waals surface area contributed by atoms with E-state index in [0.717, 1.165) is 25.7 Å². The molecule has 32 heavy (non-hydrogen) atoms. The molecule has 0 aromatic rings. The number of amides is 3. The largest absolute Gasteiger partial charge is 0.385 e. The lowest BCUT2D eigenvalue weighted by molar-refractivity contribution is -0.139. The van der Waals surface area contributed by atoms with E-state index in [1.807, 2.05) is 39.5 Å². The molecule has 1 fully saturated rings. The van der Waals surface area contributed by atoms with Crippen molar-refractivity contribution in [2.24, 2.45) is 5.92 Å². The average Bonchev–Trinajstić information content (AvgIpc) is 2.72. The maximum Gasteiger partial charge on any atom is 0.252 e. The van der Waals surface area contributed by atoms with Crippen molar-refractivity contribution in [2.75, 3.05) is 20.3 Å². The number of rotatable bonds is 10. The van der Waals surface area contributed by atoms with Crippen LogP contribution in [-0.4, -0.2) is 65.9 Å². The molecule has 182 valence electrons. The van der Waals surface area contributed by atoms with E-state index in [0.29, 0.717) is 37.3 Å². The second kappa shape index (κ2) is 12.4. The number of ether oxygens (including phenoxy) is 1. The van der Waals surface area contributed by atoms with Crippen LogP contribution in [-0.2, 0) is 19.1 Å². The van der Waals surface area contributed by atoms with Crippen molar-refractivity contribution >= 4 is 17.7 Å². The maximum absolute atomic E-state index is 13.5. The summed E-state index contributed by atoms with van der Waals surface area (Å²) in [4.78, 5) is 43.2. The Hall–Kier alpha value is -1.89. The molecule has 0 spiro atoms. The van der Waals surface area contributed by atoms with Gasteiger partial charge in [-0.3, -0.25) is 14.4 Å². The number of allylic oxidation sites excluding steroid dienone is 1. The van der Waals surface area contributed by atoms with E-state index in [9.17, 15) is 14.4 Å². The molecule has 1 heterocycles. The molecule has 1 saturated carbocycles.